The van der Waals surface area contributed by atoms with Gasteiger partial charge in [-0.05, 0) is 25.3 Å². The topological polar surface area (TPSA) is 77.1 Å². The van der Waals surface area contributed by atoms with Crippen LogP contribution in [0, 0.1) is 0 Å². The van der Waals surface area contributed by atoms with E-state index in [-0.39, 0.29) is 24.5 Å². The van der Waals surface area contributed by atoms with E-state index in [9.17, 15) is 9.59 Å². The van der Waals surface area contributed by atoms with Gasteiger partial charge in [-0.3, -0.25) is 9.59 Å². The van der Waals surface area contributed by atoms with Crippen molar-refractivity contribution in [3.63, 3.8) is 0 Å². The molecule has 1 aliphatic rings. The van der Waals surface area contributed by atoms with Crippen molar-refractivity contribution in [2.75, 3.05) is 20.8 Å². The fourth-order valence-corrected chi connectivity index (χ4v) is 3.85. The summed E-state index contributed by atoms with van der Waals surface area (Å²) in [5, 5.41) is 3.10. The number of amides is 2. The Morgan fingerprint density at radius 3 is 2.19 bits per heavy atom. The molecule has 172 valence electrons. The molecule has 3 rings (SSSR count). The van der Waals surface area contributed by atoms with E-state index < -0.39 is 6.04 Å². The van der Waals surface area contributed by atoms with Crippen LogP contribution in [-0.4, -0.2) is 49.6 Å². The maximum atomic E-state index is 13.2. The molecule has 0 saturated heterocycles. The van der Waals surface area contributed by atoms with Crippen molar-refractivity contribution < 1.29 is 23.8 Å². The van der Waals surface area contributed by atoms with Gasteiger partial charge in [-0.2, -0.15) is 0 Å². The highest BCUT2D eigenvalue weighted by Gasteiger charge is 2.28. The average molecular weight is 441 g/mol. The van der Waals surface area contributed by atoms with Gasteiger partial charge in [-0.25, -0.2) is 0 Å². The highest BCUT2D eigenvalue weighted by atomic mass is 16.5. The highest BCUT2D eigenvalue weighted by molar-refractivity contribution is 5.88. The maximum absolute atomic E-state index is 13.2. The van der Waals surface area contributed by atoms with Gasteiger partial charge in [-0.15, -0.1) is 0 Å². The molecule has 1 fully saturated rings. The van der Waals surface area contributed by atoms with Crippen LogP contribution >= 0.6 is 0 Å². The van der Waals surface area contributed by atoms with Gasteiger partial charge in [0.05, 0.1) is 14.2 Å². The molecule has 7 nitrogen and oxygen atoms in total. The van der Waals surface area contributed by atoms with E-state index in [1.165, 1.54) is 0 Å². The molecule has 32 heavy (non-hydrogen) atoms. The maximum Gasteiger partial charge on any atom is 0.261 e. The zero-order valence-corrected chi connectivity index (χ0v) is 19.0. The minimum Gasteiger partial charge on any atom is -0.496 e. The monoisotopic (exact) mass is 440 g/mol. The van der Waals surface area contributed by atoms with E-state index >= 15 is 0 Å². The predicted molar refractivity (Wildman–Crippen MR) is 122 cm³/mol. The SMILES string of the molecule is COc1cc(OC)cc(OCC(=O)N(Cc2ccccc2)[C@@H](C)C(=O)NC2CCCC2)c1. The molecule has 0 radical (unpaired) electrons. The second-order valence-electron chi connectivity index (χ2n) is 8.01. The van der Waals surface area contributed by atoms with E-state index in [0.717, 1.165) is 31.2 Å². The van der Waals surface area contributed by atoms with Crippen LogP contribution < -0.4 is 19.5 Å². The van der Waals surface area contributed by atoms with Crippen LogP contribution in [0.4, 0.5) is 0 Å². The minimum atomic E-state index is -0.619. The molecular weight excluding hydrogens is 408 g/mol. The average Bonchev–Trinajstić information content (AvgIpc) is 3.33. The molecule has 0 aromatic heterocycles. The largest absolute Gasteiger partial charge is 0.496 e. The lowest BCUT2D eigenvalue weighted by Gasteiger charge is -2.29. The van der Waals surface area contributed by atoms with Crippen molar-refractivity contribution in [2.45, 2.75) is 51.2 Å². The van der Waals surface area contributed by atoms with Gasteiger partial charge < -0.3 is 24.4 Å². The van der Waals surface area contributed by atoms with E-state index in [0.29, 0.717) is 23.8 Å². The molecule has 2 aromatic rings. The van der Waals surface area contributed by atoms with Gasteiger partial charge in [0.2, 0.25) is 5.91 Å². The Kier molecular flexibility index (Phi) is 8.36. The Balaban J connectivity index is 1.71. The minimum absolute atomic E-state index is 0.135. The first kappa shape index (κ1) is 23.4. The Hall–Kier alpha value is -3.22. The standard InChI is InChI=1S/C25H32N2O5/c1-18(25(29)26-20-11-7-8-12-20)27(16-19-9-5-4-6-10-19)24(28)17-32-23-14-21(30-2)13-22(15-23)31-3/h4-6,9-10,13-15,18,20H,7-8,11-12,16-17H2,1-3H3,(H,26,29)/t18-/m0/s1. The molecule has 7 heteroatoms. The molecular formula is C25H32N2O5. The smallest absolute Gasteiger partial charge is 0.261 e. The number of carbonyl (C=O) groups is 2. The van der Waals surface area contributed by atoms with Gasteiger partial charge in [0, 0.05) is 30.8 Å². The lowest BCUT2D eigenvalue weighted by atomic mass is 10.1. The third-order valence-corrected chi connectivity index (χ3v) is 5.75. The summed E-state index contributed by atoms with van der Waals surface area (Å²) >= 11 is 0. The van der Waals surface area contributed by atoms with Crippen LogP contribution in [-0.2, 0) is 16.1 Å². The quantitative estimate of drug-likeness (QED) is 0.611. The van der Waals surface area contributed by atoms with Crippen LogP contribution in [0.25, 0.3) is 0 Å². The number of nitrogens with zero attached hydrogens (tertiary/aromatic N) is 1. The Morgan fingerprint density at radius 2 is 1.59 bits per heavy atom. The highest BCUT2D eigenvalue weighted by Crippen LogP contribution is 2.27. The molecule has 2 aromatic carbocycles. The molecule has 1 aliphatic carbocycles. The predicted octanol–water partition coefficient (Wildman–Crippen LogP) is 3.56. The summed E-state index contributed by atoms with van der Waals surface area (Å²) in [6, 6.07) is 14.3. The van der Waals surface area contributed by atoms with Crippen molar-refractivity contribution in [3.8, 4) is 17.2 Å². The summed E-state index contributed by atoms with van der Waals surface area (Å²) < 4.78 is 16.3. The van der Waals surface area contributed by atoms with Gasteiger partial charge in [0.25, 0.3) is 5.91 Å². The first-order valence-electron chi connectivity index (χ1n) is 11.0. The Bertz CT molecular complexity index is 874. The number of nitrogens with one attached hydrogen (secondary N) is 1. The number of ether oxygens (including phenoxy) is 3. The van der Waals surface area contributed by atoms with E-state index in [1.54, 1.807) is 44.2 Å². The first-order valence-corrected chi connectivity index (χ1v) is 11.0. The number of methoxy groups -OCH3 is 2. The van der Waals surface area contributed by atoms with Crippen molar-refractivity contribution in [1.29, 1.82) is 0 Å². The van der Waals surface area contributed by atoms with Crippen LogP contribution in [0.3, 0.4) is 0 Å². The van der Waals surface area contributed by atoms with Crippen LogP contribution in [0.15, 0.2) is 48.5 Å². The van der Waals surface area contributed by atoms with Gasteiger partial charge in [0.1, 0.15) is 23.3 Å². The second kappa shape index (κ2) is 11.4. The number of hydrogen-bond acceptors (Lipinski definition) is 5. The number of rotatable bonds is 10. The number of benzene rings is 2. The number of carbonyl (C=O) groups excluding carboxylic acids is 2. The Labute approximate surface area is 189 Å². The molecule has 0 unspecified atom stereocenters. The second-order valence-corrected chi connectivity index (χ2v) is 8.01. The zero-order chi connectivity index (χ0) is 22.9. The lowest BCUT2D eigenvalue weighted by molar-refractivity contribution is -0.142. The summed E-state index contributed by atoms with van der Waals surface area (Å²) in [5.74, 6) is 1.18. The summed E-state index contributed by atoms with van der Waals surface area (Å²) in [7, 11) is 3.10. The fourth-order valence-electron chi connectivity index (χ4n) is 3.85. The molecule has 1 atom stereocenters. The molecule has 0 spiro atoms. The van der Waals surface area contributed by atoms with Crippen LogP contribution in [0.2, 0.25) is 0 Å². The van der Waals surface area contributed by atoms with Crippen molar-refractivity contribution >= 4 is 11.8 Å². The lowest BCUT2D eigenvalue weighted by Crippen LogP contribution is -2.50. The van der Waals surface area contributed by atoms with Crippen LogP contribution in [0.5, 0.6) is 17.2 Å². The molecule has 2 amide bonds. The Morgan fingerprint density at radius 1 is 1.00 bits per heavy atom. The van der Waals surface area contributed by atoms with Crippen molar-refractivity contribution in [3.05, 3.63) is 54.1 Å². The summed E-state index contributed by atoms with van der Waals surface area (Å²) in [5.41, 5.74) is 0.949. The zero-order valence-electron chi connectivity index (χ0n) is 19.0. The van der Waals surface area contributed by atoms with Gasteiger partial charge in [0.15, 0.2) is 6.61 Å². The molecule has 0 bridgehead atoms. The van der Waals surface area contributed by atoms with Crippen LogP contribution in [0.1, 0.15) is 38.2 Å². The molecule has 0 aliphatic heterocycles. The first-order chi connectivity index (χ1) is 15.5. The third-order valence-electron chi connectivity index (χ3n) is 5.75. The number of hydrogen-bond donors (Lipinski definition) is 1. The van der Waals surface area contributed by atoms with E-state index in [2.05, 4.69) is 5.32 Å². The molecule has 0 heterocycles. The van der Waals surface area contributed by atoms with Gasteiger partial charge in [-0.1, -0.05) is 43.2 Å². The van der Waals surface area contributed by atoms with E-state index in [1.807, 2.05) is 30.3 Å². The molecule has 1 N–H and O–H groups in total. The van der Waals surface area contributed by atoms with Crippen molar-refractivity contribution in [1.82, 2.24) is 10.2 Å². The summed E-state index contributed by atoms with van der Waals surface area (Å²) in [6.07, 6.45) is 4.24. The third kappa shape index (κ3) is 6.39. The summed E-state index contributed by atoms with van der Waals surface area (Å²) in [6.45, 7) is 1.88. The van der Waals surface area contributed by atoms with Gasteiger partial charge >= 0.3 is 0 Å². The summed E-state index contributed by atoms with van der Waals surface area (Å²) in [4.78, 5) is 27.6. The normalized spacial score (nSPS) is 14.5. The van der Waals surface area contributed by atoms with Crippen molar-refractivity contribution in [2.24, 2.45) is 0 Å². The van der Waals surface area contributed by atoms with E-state index in [4.69, 9.17) is 14.2 Å². The molecule has 1 saturated carbocycles. The fraction of sp³-hybridized carbons (Fsp3) is 0.440.